The fourth-order valence-electron chi connectivity index (χ4n) is 4.86. The molecule has 1 unspecified atom stereocenters. The summed E-state index contributed by atoms with van der Waals surface area (Å²) < 4.78 is 26.2. The van der Waals surface area contributed by atoms with Crippen molar-refractivity contribution in [2.24, 2.45) is 5.92 Å². The second-order valence-corrected chi connectivity index (χ2v) is 10.9. The third kappa shape index (κ3) is 4.92. The van der Waals surface area contributed by atoms with Gasteiger partial charge in [-0.2, -0.15) is 0 Å². The molecular weight excluding hydrogens is 388 g/mol. The largest absolute Gasteiger partial charge is 0.376 e. The third-order valence-electron chi connectivity index (χ3n) is 6.40. The highest BCUT2D eigenvalue weighted by Gasteiger charge is 2.37. The second kappa shape index (κ2) is 9.02. The molecule has 29 heavy (non-hydrogen) atoms. The van der Waals surface area contributed by atoms with Crippen LogP contribution in [-0.2, 0) is 14.8 Å². The van der Waals surface area contributed by atoms with E-state index < -0.39 is 10.0 Å². The van der Waals surface area contributed by atoms with Gasteiger partial charge >= 0.3 is 0 Å². The van der Waals surface area contributed by atoms with Crippen molar-refractivity contribution in [2.75, 3.05) is 51.5 Å². The zero-order valence-electron chi connectivity index (χ0n) is 18.1. The summed E-state index contributed by atoms with van der Waals surface area (Å²) >= 11 is 0. The predicted molar refractivity (Wildman–Crippen MR) is 116 cm³/mol. The van der Waals surface area contributed by atoms with Gasteiger partial charge in [0.2, 0.25) is 10.0 Å². The molecule has 1 heterocycles. The first-order chi connectivity index (χ1) is 13.7. The third-order valence-corrected chi connectivity index (χ3v) is 8.21. The van der Waals surface area contributed by atoms with Gasteiger partial charge < -0.3 is 15.1 Å². The van der Waals surface area contributed by atoms with Crippen LogP contribution in [-0.4, -0.2) is 66.0 Å². The number of sulfonamides is 1. The lowest BCUT2D eigenvalue weighted by Crippen LogP contribution is -3.18. The molecule has 0 aromatic heterocycles. The van der Waals surface area contributed by atoms with Crippen molar-refractivity contribution in [2.45, 2.75) is 49.5 Å². The van der Waals surface area contributed by atoms with Gasteiger partial charge in [0.1, 0.15) is 0 Å². The van der Waals surface area contributed by atoms with Gasteiger partial charge in [0, 0.05) is 34.1 Å². The number of anilines is 2. The van der Waals surface area contributed by atoms with Gasteiger partial charge in [0.15, 0.2) is 6.54 Å². The van der Waals surface area contributed by atoms with E-state index in [1.807, 2.05) is 19.0 Å². The van der Waals surface area contributed by atoms with Gasteiger partial charge in [-0.15, -0.1) is 0 Å². The molecule has 8 heteroatoms. The van der Waals surface area contributed by atoms with Gasteiger partial charge in [-0.05, 0) is 50.3 Å². The minimum atomic E-state index is -3.56. The number of amides is 1. The standard InChI is InChI=1S/C21H34N4O3S/c1-23(2)20-12-11-17(29(27,28)24(3)4)14-18(20)22-21(26)15-25-13-7-9-16-8-5-6-10-19(16)25/h11-12,14,16,19H,5-10,13,15H2,1-4H3,(H,22,26)/p+1/t16-,19+/m1/s1. The van der Waals surface area contributed by atoms with Crippen molar-refractivity contribution in [3.63, 3.8) is 0 Å². The lowest BCUT2D eigenvalue weighted by Gasteiger charge is -2.40. The topological polar surface area (TPSA) is 74.2 Å². The number of piperidine rings is 1. The van der Waals surface area contributed by atoms with Gasteiger partial charge in [-0.3, -0.25) is 4.79 Å². The second-order valence-electron chi connectivity index (χ2n) is 8.79. The molecule has 1 saturated heterocycles. The molecule has 2 fully saturated rings. The number of rotatable bonds is 6. The Bertz CT molecular complexity index is 836. The number of fused-ring (bicyclic) bond motifs is 1. The Morgan fingerprint density at radius 2 is 1.79 bits per heavy atom. The number of carbonyl (C=O) groups excluding carboxylic acids is 1. The zero-order chi connectivity index (χ0) is 21.2. The van der Waals surface area contributed by atoms with Crippen LogP contribution in [0.25, 0.3) is 0 Å². The molecule has 3 rings (SSSR count). The Morgan fingerprint density at radius 1 is 1.10 bits per heavy atom. The highest BCUT2D eigenvalue weighted by molar-refractivity contribution is 7.89. The van der Waals surface area contributed by atoms with Crippen LogP contribution in [0, 0.1) is 5.92 Å². The zero-order valence-corrected chi connectivity index (χ0v) is 18.9. The fraction of sp³-hybridized carbons (Fsp3) is 0.667. The van der Waals surface area contributed by atoms with E-state index in [-0.39, 0.29) is 10.8 Å². The van der Waals surface area contributed by atoms with E-state index in [4.69, 9.17) is 0 Å². The van der Waals surface area contributed by atoms with Crippen LogP contribution in [0.5, 0.6) is 0 Å². The monoisotopic (exact) mass is 423 g/mol. The highest BCUT2D eigenvalue weighted by atomic mass is 32.2. The summed E-state index contributed by atoms with van der Waals surface area (Å²) in [5.74, 6) is 0.708. The van der Waals surface area contributed by atoms with Gasteiger partial charge in [-0.25, -0.2) is 12.7 Å². The molecule has 1 aromatic carbocycles. The Labute approximate surface area is 175 Å². The molecule has 0 radical (unpaired) electrons. The van der Waals surface area contributed by atoms with Crippen LogP contribution < -0.4 is 15.1 Å². The van der Waals surface area contributed by atoms with E-state index in [1.54, 1.807) is 18.2 Å². The quantitative estimate of drug-likeness (QED) is 0.721. The molecule has 0 spiro atoms. The molecule has 1 amide bonds. The van der Waals surface area contributed by atoms with Crippen LogP contribution in [0.4, 0.5) is 11.4 Å². The minimum Gasteiger partial charge on any atom is -0.376 e. The van der Waals surface area contributed by atoms with Gasteiger partial charge in [0.25, 0.3) is 5.91 Å². The molecule has 0 bridgehead atoms. The molecular formula is C21H35N4O3S+. The number of hydrogen-bond acceptors (Lipinski definition) is 4. The van der Waals surface area contributed by atoms with Crippen molar-refractivity contribution in [3.05, 3.63) is 18.2 Å². The van der Waals surface area contributed by atoms with Crippen molar-refractivity contribution in [3.8, 4) is 0 Å². The first-order valence-corrected chi connectivity index (χ1v) is 12.0. The number of benzene rings is 1. The molecule has 2 N–H and O–H groups in total. The summed E-state index contributed by atoms with van der Waals surface area (Å²) in [4.78, 5) is 16.4. The maximum absolute atomic E-state index is 12.9. The van der Waals surface area contributed by atoms with Crippen LogP contribution in [0.3, 0.4) is 0 Å². The Hall–Kier alpha value is -1.64. The molecule has 1 aliphatic heterocycles. The summed E-state index contributed by atoms with van der Waals surface area (Å²) in [6.07, 6.45) is 7.58. The van der Waals surface area contributed by atoms with E-state index >= 15 is 0 Å². The molecule has 1 aromatic rings. The lowest BCUT2D eigenvalue weighted by atomic mass is 9.78. The van der Waals surface area contributed by atoms with E-state index in [1.165, 1.54) is 61.8 Å². The summed E-state index contributed by atoms with van der Waals surface area (Å²) in [5, 5.41) is 3.00. The molecule has 3 atom stereocenters. The van der Waals surface area contributed by atoms with Crippen LogP contribution in [0.1, 0.15) is 38.5 Å². The van der Waals surface area contributed by atoms with Gasteiger partial charge in [0.05, 0.1) is 28.9 Å². The summed E-state index contributed by atoms with van der Waals surface area (Å²) in [6.45, 7) is 1.49. The number of hydrogen-bond donors (Lipinski definition) is 2. The fourth-order valence-corrected chi connectivity index (χ4v) is 5.79. The van der Waals surface area contributed by atoms with Crippen molar-refractivity contribution in [1.29, 1.82) is 0 Å². The maximum Gasteiger partial charge on any atom is 0.279 e. The van der Waals surface area contributed by atoms with Crippen LogP contribution in [0.2, 0.25) is 0 Å². The van der Waals surface area contributed by atoms with Crippen molar-refractivity contribution < 1.29 is 18.1 Å². The number of nitrogens with zero attached hydrogens (tertiary/aromatic N) is 2. The average Bonchev–Trinajstić information content (AvgIpc) is 2.67. The predicted octanol–water partition coefficient (Wildman–Crippen LogP) is 1.18. The maximum atomic E-state index is 12.9. The number of quaternary nitrogens is 1. The number of likely N-dealkylation sites (tertiary alicyclic amines) is 1. The number of nitrogens with one attached hydrogen (secondary N) is 2. The van der Waals surface area contributed by atoms with Crippen molar-refractivity contribution >= 4 is 27.3 Å². The summed E-state index contributed by atoms with van der Waals surface area (Å²) in [6, 6.07) is 5.49. The first kappa shape index (κ1) is 22.1. The summed E-state index contributed by atoms with van der Waals surface area (Å²) in [5.41, 5.74) is 1.33. The van der Waals surface area contributed by atoms with Gasteiger partial charge in [-0.1, -0.05) is 6.42 Å². The Balaban J connectivity index is 1.78. The number of carbonyl (C=O) groups is 1. The molecule has 1 saturated carbocycles. The van der Waals surface area contributed by atoms with Crippen LogP contribution in [0.15, 0.2) is 23.1 Å². The average molecular weight is 424 g/mol. The smallest absolute Gasteiger partial charge is 0.279 e. The minimum absolute atomic E-state index is 0.0475. The molecule has 1 aliphatic carbocycles. The highest BCUT2D eigenvalue weighted by Crippen LogP contribution is 2.29. The first-order valence-electron chi connectivity index (χ1n) is 10.6. The van der Waals surface area contributed by atoms with E-state index in [2.05, 4.69) is 5.32 Å². The molecule has 2 aliphatic rings. The Kier molecular flexibility index (Phi) is 6.86. The molecule has 7 nitrogen and oxygen atoms in total. The van der Waals surface area contributed by atoms with E-state index in [9.17, 15) is 13.2 Å². The lowest BCUT2D eigenvalue weighted by molar-refractivity contribution is -0.928. The molecule has 162 valence electrons. The van der Waals surface area contributed by atoms with E-state index in [0.717, 1.165) is 18.2 Å². The van der Waals surface area contributed by atoms with E-state index in [0.29, 0.717) is 18.3 Å². The summed E-state index contributed by atoms with van der Waals surface area (Å²) in [7, 11) is 3.22. The Morgan fingerprint density at radius 3 is 2.48 bits per heavy atom. The normalized spacial score (nSPS) is 24.8. The van der Waals surface area contributed by atoms with Crippen LogP contribution >= 0.6 is 0 Å². The SMILES string of the molecule is CN(C)c1ccc(S(=O)(=O)N(C)C)cc1NC(=O)C[NH+]1CCC[C@H]2CCCC[C@@H]21. The van der Waals surface area contributed by atoms with Crippen molar-refractivity contribution in [1.82, 2.24) is 4.31 Å².